The van der Waals surface area contributed by atoms with Crippen molar-refractivity contribution in [2.45, 2.75) is 19.8 Å². The van der Waals surface area contributed by atoms with Gasteiger partial charge in [-0.15, -0.1) is 0 Å². The predicted molar refractivity (Wildman–Crippen MR) is 131 cm³/mol. The van der Waals surface area contributed by atoms with Gasteiger partial charge in [-0.05, 0) is 61.2 Å². The van der Waals surface area contributed by atoms with E-state index in [9.17, 15) is 9.59 Å². The summed E-state index contributed by atoms with van der Waals surface area (Å²) in [6.07, 6.45) is 7.10. The molecule has 2 aliphatic rings. The van der Waals surface area contributed by atoms with Gasteiger partial charge in [-0.25, -0.2) is 0 Å². The number of benzene rings is 1. The van der Waals surface area contributed by atoms with Crippen LogP contribution >= 0.6 is 0 Å². The Labute approximate surface area is 204 Å². The number of aromatic nitrogens is 2. The highest BCUT2D eigenvalue weighted by Crippen LogP contribution is 2.25. The minimum atomic E-state index is -0.318. The lowest BCUT2D eigenvalue weighted by Crippen LogP contribution is -2.50. The van der Waals surface area contributed by atoms with Crippen LogP contribution in [0.2, 0.25) is 0 Å². The molecule has 0 saturated carbocycles. The summed E-state index contributed by atoms with van der Waals surface area (Å²) in [5, 5.41) is 4.02. The van der Waals surface area contributed by atoms with Crippen LogP contribution in [0.4, 0.5) is 5.69 Å². The van der Waals surface area contributed by atoms with E-state index in [4.69, 9.17) is 8.94 Å². The van der Waals surface area contributed by atoms with Gasteiger partial charge in [0.1, 0.15) is 5.76 Å². The van der Waals surface area contributed by atoms with Crippen LogP contribution in [0.25, 0.3) is 17.5 Å². The van der Waals surface area contributed by atoms with Crippen LogP contribution < -0.4 is 4.90 Å². The van der Waals surface area contributed by atoms with Crippen molar-refractivity contribution >= 4 is 23.6 Å². The Kier molecular flexibility index (Phi) is 6.65. The van der Waals surface area contributed by atoms with Crippen molar-refractivity contribution in [1.29, 1.82) is 0 Å². The maximum atomic E-state index is 12.9. The van der Waals surface area contributed by atoms with Gasteiger partial charge in [0, 0.05) is 56.6 Å². The summed E-state index contributed by atoms with van der Waals surface area (Å²) >= 11 is 0. The van der Waals surface area contributed by atoms with E-state index in [0.717, 1.165) is 24.6 Å². The first-order valence-corrected chi connectivity index (χ1v) is 12.1. The molecule has 2 fully saturated rings. The molecule has 0 aliphatic carbocycles. The molecule has 0 bridgehead atoms. The number of carbonyl (C=O) groups is 2. The molecule has 0 unspecified atom stereocenters. The zero-order valence-electron chi connectivity index (χ0n) is 19.8. The van der Waals surface area contributed by atoms with Crippen molar-refractivity contribution in [3.8, 4) is 11.4 Å². The summed E-state index contributed by atoms with van der Waals surface area (Å²) in [6.45, 7) is 6.12. The van der Waals surface area contributed by atoms with Crippen LogP contribution in [0.3, 0.4) is 0 Å². The number of carbonyl (C=O) groups excluding carboxylic acids is 2. The van der Waals surface area contributed by atoms with E-state index in [1.54, 1.807) is 34.3 Å². The standard InChI is InChI=1S/C26H29N5O4/c1-19-10-12-29(13-11-19)21-6-4-20(5-7-21)24-27-25(35-28-24)26(33)31-16-14-30(15-17-31)23(32)9-8-22-3-2-18-34-22/h2-9,18-19H,10-17H2,1H3/b9-8+. The molecule has 9 heteroatoms. The van der Waals surface area contributed by atoms with Gasteiger partial charge in [-0.2, -0.15) is 4.98 Å². The summed E-state index contributed by atoms with van der Waals surface area (Å²) < 4.78 is 10.5. The first-order valence-electron chi connectivity index (χ1n) is 12.1. The molecule has 4 heterocycles. The van der Waals surface area contributed by atoms with Crippen LogP contribution in [-0.4, -0.2) is 71.0 Å². The molecule has 1 aromatic carbocycles. The fourth-order valence-corrected chi connectivity index (χ4v) is 4.43. The molecule has 0 atom stereocenters. The molecule has 3 aromatic rings. The molecule has 5 rings (SSSR count). The molecule has 35 heavy (non-hydrogen) atoms. The van der Waals surface area contributed by atoms with Crippen molar-refractivity contribution in [3.63, 3.8) is 0 Å². The smallest absolute Gasteiger partial charge is 0.316 e. The first kappa shape index (κ1) is 22.9. The molecule has 0 spiro atoms. The van der Waals surface area contributed by atoms with Gasteiger partial charge in [-0.3, -0.25) is 9.59 Å². The Bertz CT molecular complexity index is 1170. The lowest BCUT2D eigenvalue weighted by molar-refractivity contribution is -0.127. The van der Waals surface area contributed by atoms with Gasteiger partial charge in [0.25, 0.3) is 0 Å². The molecule has 0 N–H and O–H groups in total. The highest BCUT2D eigenvalue weighted by Gasteiger charge is 2.27. The van der Waals surface area contributed by atoms with E-state index < -0.39 is 0 Å². The summed E-state index contributed by atoms with van der Waals surface area (Å²) in [4.78, 5) is 35.3. The van der Waals surface area contributed by atoms with Crippen LogP contribution in [0.5, 0.6) is 0 Å². The Balaban J connectivity index is 1.16. The van der Waals surface area contributed by atoms with Crippen LogP contribution in [0, 0.1) is 5.92 Å². The molecule has 2 saturated heterocycles. The normalized spacial score (nSPS) is 17.3. The average Bonchev–Trinajstić information content (AvgIpc) is 3.60. The lowest BCUT2D eigenvalue weighted by atomic mass is 9.98. The number of furan rings is 1. The Hall–Kier alpha value is -3.88. The highest BCUT2D eigenvalue weighted by molar-refractivity contribution is 5.92. The van der Waals surface area contributed by atoms with Gasteiger partial charge >= 0.3 is 11.8 Å². The van der Waals surface area contributed by atoms with E-state index >= 15 is 0 Å². The molecule has 2 aliphatic heterocycles. The third kappa shape index (κ3) is 5.29. The highest BCUT2D eigenvalue weighted by atomic mass is 16.5. The largest absolute Gasteiger partial charge is 0.465 e. The third-order valence-corrected chi connectivity index (χ3v) is 6.70. The third-order valence-electron chi connectivity index (χ3n) is 6.70. The Morgan fingerprint density at radius 1 is 0.971 bits per heavy atom. The number of hydrogen-bond donors (Lipinski definition) is 0. The second kappa shape index (κ2) is 10.2. The van der Waals surface area contributed by atoms with Crippen LogP contribution in [0.1, 0.15) is 36.2 Å². The maximum Gasteiger partial charge on any atom is 0.316 e. The summed E-state index contributed by atoms with van der Waals surface area (Å²) in [6, 6.07) is 11.6. The molecule has 182 valence electrons. The molecule has 0 radical (unpaired) electrons. The zero-order chi connectivity index (χ0) is 24.2. The number of piperidine rings is 1. The van der Waals surface area contributed by atoms with E-state index in [0.29, 0.717) is 37.8 Å². The van der Waals surface area contributed by atoms with Gasteiger partial charge in [-0.1, -0.05) is 12.1 Å². The topological polar surface area (TPSA) is 95.9 Å². The summed E-state index contributed by atoms with van der Waals surface area (Å²) in [5.41, 5.74) is 1.99. The molecule has 2 amide bonds. The fraction of sp³-hybridized carbons (Fsp3) is 0.385. The number of nitrogens with zero attached hydrogens (tertiary/aromatic N) is 5. The fourth-order valence-electron chi connectivity index (χ4n) is 4.43. The van der Waals surface area contributed by atoms with E-state index in [1.165, 1.54) is 24.6 Å². The second-order valence-electron chi connectivity index (χ2n) is 9.11. The molecule has 2 aromatic heterocycles. The summed E-state index contributed by atoms with van der Waals surface area (Å²) in [7, 11) is 0. The lowest BCUT2D eigenvalue weighted by Gasteiger charge is -2.33. The Morgan fingerprint density at radius 2 is 1.69 bits per heavy atom. The van der Waals surface area contributed by atoms with Crippen LogP contribution in [-0.2, 0) is 4.79 Å². The van der Waals surface area contributed by atoms with Crippen molar-refractivity contribution < 1.29 is 18.5 Å². The molecular weight excluding hydrogens is 446 g/mol. The number of amides is 2. The van der Waals surface area contributed by atoms with Crippen LogP contribution in [0.15, 0.2) is 57.7 Å². The van der Waals surface area contributed by atoms with Gasteiger partial charge in [0.2, 0.25) is 11.7 Å². The average molecular weight is 476 g/mol. The minimum Gasteiger partial charge on any atom is -0.465 e. The molecule has 9 nitrogen and oxygen atoms in total. The van der Waals surface area contributed by atoms with Crippen molar-refractivity contribution in [1.82, 2.24) is 19.9 Å². The van der Waals surface area contributed by atoms with E-state index in [-0.39, 0.29) is 17.7 Å². The zero-order valence-corrected chi connectivity index (χ0v) is 19.8. The first-order chi connectivity index (χ1) is 17.1. The number of piperazine rings is 1. The van der Waals surface area contributed by atoms with E-state index in [2.05, 4.69) is 34.1 Å². The maximum absolute atomic E-state index is 12.9. The SMILES string of the molecule is CC1CCN(c2ccc(-c3noc(C(=O)N4CCN(C(=O)/C=C/c5ccco5)CC4)n3)cc2)CC1. The minimum absolute atomic E-state index is 0.0356. The number of hydrogen-bond acceptors (Lipinski definition) is 7. The van der Waals surface area contributed by atoms with Gasteiger partial charge in [0.15, 0.2) is 0 Å². The second-order valence-corrected chi connectivity index (χ2v) is 9.11. The van der Waals surface area contributed by atoms with Gasteiger partial charge in [0.05, 0.1) is 6.26 Å². The monoisotopic (exact) mass is 475 g/mol. The predicted octanol–water partition coefficient (Wildman–Crippen LogP) is 3.56. The number of rotatable bonds is 5. The van der Waals surface area contributed by atoms with Crippen molar-refractivity contribution in [3.05, 3.63) is 60.4 Å². The molecular formula is C26H29N5O4. The Morgan fingerprint density at radius 3 is 2.37 bits per heavy atom. The quantitative estimate of drug-likeness (QED) is 0.521. The number of anilines is 1. The van der Waals surface area contributed by atoms with Crippen molar-refractivity contribution in [2.24, 2.45) is 5.92 Å². The van der Waals surface area contributed by atoms with Gasteiger partial charge < -0.3 is 23.6 Å². The van der Waals surface area contributed by atoms with Crippen molar-refractivity contribution in [2.75, 3.05) is 44.2 Å². The summed E-state index contributed by atoms with van der Waals surface area (Å²) in [5.74, 6) is 1.33. The van der Waals surface area contributed by atoms with E-state index in [1.807, 2.05) is 12.1 Å².